The molecule has 0 radical (unpaired) electrons. The van der Waals surface area contributed by atoms with Gasteiger partial charge in [-0.15, -0.1) is 10.2 Å². The summed E-state index contributed by atoms with van der Waals surface area (Å²) in [6.07, 6.45) is 2.02. The number of carbonyl (C=O) groups excluding carboxylic acids is 1. The van der Waals surface area contributed by atoms with Crippen molar-refractivity contribution in [3.8, 4) is 11.6 Å². The molecule has 4 rings (SSSR count). The van der Waals surface area contributed by atoms with E-state index in [4.69, 9.17) is 4.42 Å². The number of rotatable bonds is 7. The highest BCUT2D eigenvalue weighted by molar-refractivity contribution is 7.99. The average molecular weight is 447 g/mol. The number of furan rings is 1. The number of anilines is 1. The summed E-state index contributed by atoms with van der Waals surface area (Å²) in [6.45, 7) is 2.60. The lowest BCUT2D eigenvalue weighted by Gasteiger charge is -2.28. The van der Waals surface area contributed by atoms with E-state index in [2.05, 4.69) is 10.2 Å². The second-order valence-corrected chi connectivity index (χ2v) is 10.1. The molecule has 0 spiro atoms. The van der Waals surface area contributed by atoms with Crippen molar-refractivity contribution in [2.45, 2.75) is 31.1 Å². The molecule has 0 N–H and O–H groups in total. The first-order valence-electron chi connectivity index (χ1n) is 9.66. The van der Waals surface area contributed by atoms with Gasteiger partial charge in [0, 0.05) is 12.2 Å². The fourth-order valence-corrected chi connectivity index (χ4v) is 6.15. The number of nitrogens with zero attached hydrogens (tertiary/aromatic N) is 4. The minimum Gasteiger partial charge on any atom is -0.461 e. The third-order valence-corrected chi connectivity index (χ3v) is 7.68. The van der Waals surface area contributed by atoms with E-state index in [1.165, 1.54) is 11.8 Å². The minimum absolute atomic E-state index is 0.00785. The van der Waals surface area contributed by atoms with Crippen molar-refractivity contribution in [2.24, 2.45) is 0 Å². The van der Waals surface area contributed by atoms with Crippen LogP contribution >= 0.6 is 11.8 Å². The van der Waals surface area contributed by atoms with E-state index >= 15 is 0 Å². The van der Waals surface area contributed by atoms with Crippen LogP contribution in [0.4, 0.5) is 5.69 Å². The highest BCUT2D eigenvalue weighted by atomic mass is 32.2. The topological polar surface area (TPSA) is 98.3 Å². The Morgan fingerprint density at radius 1 is 1.23 bits per heavy atom. The highest BCUT2D eigenvalue weighted by Gasteiger charge is 2.35. The quantitative estimate of drug-likeness (QED) is 0.515. The second kappa shape index (κ2) is 8.65. The summed E-state index contributed by atoms with van der Waals surface area (Å²) in [7, 11) is -3.12. The van der Waals surface area contributed by atoms with Gasteiger partial charge in [-0.05, 0) is 37.6 Å². The maximum absolute atomic E-state index is 13.2. The molecule has 1 aliphatic heterocycles. The Labute approximate surface area is 179 Å². The molecule has 1 atom stereocenters. The molecular weight excluding hydrogens is 424 g/mol. The van der Waals surface area contributed by atoms with Crippen LogP contribution in [0.2, 0.25) is 0 Å². The summed E-state index contributed by atoms with van der Waals surface area (Å²) in [6, 6.07) is 12.5. The molecule has 1 fully saturated rings. The maximum Gasteiger partial charge on any atom is 0.237 e. The highest BCUT2D eigenvalue weighted by Crippen LogP contribution is 2.28. The molecule has 8 nitrogen and oxygen atoms in total. The zero-order valence-corrected chi connectivity index (χ0v) is 18.1. The van der Waals surface area contributed by atoms with Crippen molar-refractivity contribution in [3.05, 3.63) is 48.7 Å². The molecule has 2 aromatic heterocycles. The van der Waals surface area contributed by atoms with Crippen LogP contribution in [0.1, 0.15) is 13.3 Å². The molecule has 1 unspecified atom stereocenters. The lowest BCUT2D eigenvalue weighted by molar-refractivity contribution is -0.116. The number of hydrogen-bond acceptors (Lipinski definition) is 7. The third-order valence-electron chi connectivity index (χ3n) is 4.98. The zero-order valence-electron chi connectivity index (χ0n) is 16.5. The van der Waals surface area contributed by atoms with Crippen LogP contribution in [-0.2, 0) is 21.2 Å². The van der Waals surface area contributed by atoms with Crippen LogP contribution in [0.25, 0.3) is 11.6 Å². The lowest BCUT2D eigenvalue weighted by atomic mass is 10.2. The predicted molar refractivity (Wildman–Crippen MR) is 115 cm³/mol. The Balaban J connectivity index is 1.54. The number of amides is 1. The van der Waals surface area contributed by atoms with E-state index in [0.29, 0.717) is 35.4 Å². The van der Waals surface area contributed by atoms with E-state index in [1.54, 1.807) is 17.2 Å². The van der Waals surface area contributed by atoms with Gasteiger partial charge in [-0.2, -0.15) is 0 Å². The number of thioether (sulfide) groups is 1. The van der Waals surface area contributed by atoms with E-state index in [-0.39, 0.29) is 29.2 Å². The Morgan fingerprint density at radius 2 is 2.03 bits per heavy atom. The monoisotopic (exact) mass is 446 g/mol. The molecule has 1 aliphatic rings. The molecule has 0 saturated carbocycles. The van der Waals surface area contributed by atoms with Crippen molar-refractivity contribution in [3.63, 3.8) is 0 Å². The van der Waals surface area contributed by atoms with Crippen molar-refractivity contribution in [2.75, 3.05) is 22.2 Å². The van der Waals surface area contributed by atoms with Gasteiger partial charge in [0.15, 0.2) is 26.6 Å². The van der Waals surface area contributed by atoms with Crippen LogP contribution in [0, 0.1) is 0 Å². The molecule has 30 heavy (non-hydrogen) atoms. The van der Waals surface area contributed by atoms with Gasteiger partial charge in [-0.3, -0.25) is 9.36 Å². The molecule has 3 heterocycles. The summed E-state index contributed by atoms with van der Waals surface area (Å²) >= 11 is 1.29. The van der Waals surface area contributed by atoms with Crippen LogP contribution in [0.15, 0.2) is 58.3 Å². The van der Waals surface area contributed by atoms with Crippen LogP contribution in [-0.4, -0.2) is 52.4 Å². The van der Waals surface area contributed by atoms with Gasteiger partial charge in [-0.1, -0.05) is 30.0 Å². The summed E-state index contributed by atoms with van der Waals surface area (Å²) < 4.78 is 31.3. The summed E-state index contributed by atoms with van der Waals surface area (Å²) in [5.74, 6) is 1.30. The second-order valence-electron chi connectivity index (χ2n) is 6.97. The Bertz CT molecular complexity index is 1110. The number of sulfone groups is 1. The summed E-state index contributed by atoms with van der Waals surface area (Å²) in [5, 5.41) is 9.03. The molecule has 0 aliphatic carbocycles. The maximum atomic E-state index is 13.2. The van der Waals surface area contributed by atoms with E-state index in [9.17, 15) is 13.2 Å². The predicted octanol–water partition coefficient (Wildman–Crippen LogP) is 2.87. The molecular formula is C20H22N4O4S2. The number of hydrogen-bond donors (Lipinski definition) is 0. The summed E-state index contributed by atoms with van der Waals surface area (Å²) in [5.41, 5.74) is 0.707. The summed E-state index contributed by atoms with van der Waals surface area (Å²) in [4.78, 5) is 14.8. The SMILES string of the molecule is CCn1c(SCC(=O)N(c2ccccc2)C2CCS(=O)(=O)C2)nnc1-c1ccco1. The number of benzene rings is 1. The smallest absolute Gasteiger partial charge is 0.237 e. The first kappa shape index (κ1) is 20.7. The molecule has 1 aromatic carbocycles. The molecule has 3 aromatic rings. The third kappa shape index (κ3) is 4.29. The zero-order chi connectivity index (χ0) is 21.1. The van der Waals surface area contributed by atoms with Crippen molar-refractivity contribution < 1.29 is 17.6 Å². The van der Waals surface area contributed by atoms with Gasteiger partial charge in [0.25, 0.3) is 0 Å². The molecule has 158 valence electrons. The van der Waals surface area contributed by atoms with Crippen LogP contribution < -0.4 is 4.90 Å². The molecule has 0 bridgehead atoms. The van der Waals surface area contributed by atoms with E-state index in [0.717, 1.165) is 0 Å². The van der Waals surface area contributed by atoms with Gasteiger partial charge < -0.3 is 9.32 Å². The number of carbonyl (C=O) groups is 1. The van der Waals surface area contributed by atoms with E-state index < -0.39 is 9.84 Å². The Morgan fingerprint density at radius 3 is 2.67 bits per heavy atom. The van der Waals surface area contributed by atoms with Gasteiger partial charge in [-0.25, -0.2) is 8.42 Å². The number of aromatic nitrogens is 3. The Hall–Kier alpha value is -2.59. The molecule has 1 saturated heterocycles. The first-order chi connectivity index (χ1) is 14.5. The minimum atomic E-state index is -3.12. The van der Waals surface area contributed by atoms with Crippen molar-refractivity contribution >= 4 is 33.2 Å². The standard InChI is InChI=1S/C20H22N4O4S2/c1-2-23-19(17-9-6-11-28-17)21-22-20(23)29-13-18(25)24(15-7-4-3-5-8-15)16-10-12-30(26,27)14-16/h3-9,11,16H,2,10,12-14H2,1H3. The van der Waals surface area contributed by atoms with Crippen molar-refractivity contribution in [1.29, 1.82) is 0 Å². The van der Waals surface area contributed by atoms with Gasteiger partial charge in [0.05, 0.1) is 29.6 Å². The van der Waals surface area contributed by atoms with Crippen LogP contribution in [0.5, 0.6) is 0 Å². The van der Waals surface area contributed by atoms with Gasteiger partial charge >= 0.3 is 0 Å². The fraction of sp³-hybridized carbons (Fsp3) is 0.350. The van der Waals surface area contributed by atoms with Crippen molar-refractivity contribution in [1.82, 2.24) is 14.8 Å². The van der Waals surface area contributed by atoms with Gasteiger partial charge in [0.1, 0.15) is 0 Å². The average Bonchev–Trinajstić information content (AvgIpc) is 3.46. The lowest BCUT2D eigenvalue weighted by Crippen LogP contribution is -2.42. The normalized spacial score (nSPS) is 17.8. The van der Waals surface area contributed by atoms with E-state index in [1.807, 2.05) is 47.9 Å². The molecule has 1 amide bonds. The van der Waals surface area contributed by atoms with Crippen LogP contribution in [0.3, 0.4) is 0 Å². The molecule has 10 heteroatoms. The van der Waals surface area contributed by atoms with Gasteiger partial charge in [0.2, 0.25) is 5.91 Å². The first-order valence-corrected chi connectivity index (χ1v) is 12.5. The fourth-order valence-electron chi connectivity index (χ4n) is 3.59. The Kier molecular flexibility index (Phi) is 5.96. The largest absolute Gasteiger partial charge is 0.461 e. The number of para-hydroxylation sites is 1.